The topological polar surface area (TPSA) is 38.0 Å². The molecular weight excluding hydrogens is 216 g/mol. The van der Waals surface area contributed by atoms with Crippen LogP contribution in [-0.4, -0.2) is 0 Å². The SMILES string of the molecule is CCc1ccc(C(CCCC(C)C)NN)s1. The highest BCUT2D eigenvalue weighted by molar-refractivity contribution is 7.12. The first-order chi connectivity index (χ1) is 7.67. The smallest absolute Gasteiger partial charge is 0.0553 e. The normalized spacial score (nSPS) is 13.3. The fourth-order valence-corrected chi connectivity index (χ4v) is 2.86. The van der Waals surface area contributed by atoms with Crippen LogP contribution in [0.5, 0.6) is 0 Å². The molecule has 1 rings (SSSR count). The zero-order chi connectivity index (χ0) is 12.0. The standard InChI is InChI=1S/C13H24N2S/c1-4-11-8-9-13(16-11)12(15-14)7-5-6-10(2)3/h8-10,12,15H,4-7,14H2,1-3H3. The number of nitrogens with one attached hydrogen (secondary N) is 1. The average molecular weight is 240 g/mol. The van der Waals surface area contributed by atoms with Gasteiger partial charge < -0.3 is 0 Å². The van der Waals surface area contributed by atoms with E-state index >= 15 is 0 Å². The van der Waals surface area contributed by atoms with Crippen molar-refractivity contribution in [3.8, 4) is 0 Å². The van der Waals surface area contributed by atoms with Crippen molar-refractivity contribution in [1.82, 2.24) is 5.43 Å². The lowest BCUT2D eigenvalue weighted by Crippen LogP contribution is -2.27. The summed E-state index contributed by atoms with van der Waals surface area (Å²) in [6.45, 7) is 6.73. The molecule has 92 valence electrons. The summed E-state index contributed by atoms with van der Waals surface area (Å²) in [5, 5.41) is 0. The third-order valence-corrected chi connectivity index (χ3v) is 4.19. The highest BCUT2D eigenvalue weighted by Gasteiger charge is 2.11. The Kier molecular flexibility index (Phi) is 6.03. The van der Waals surface area contributed by atoms with Gasteiger partial charge in [0.25, 0.3) is 0 Å². The lowest BCUT2D eigenvalue weighted by Gasteiger charge is -2.14. The van der Waals surface area contributed by atoms with Gasteiger partial charge in [-0.1, -0.05) is 33.6 Å². The average Bonchev–Trinajstić information content (AvgIpc) is 2.72. The summed E-state index contributed by atoms with van der Waals surface area (Å²) in [5.41, 5.74) is 2.94. The van der Waals surface area contributed by atoms with E-state index in [-0.39, 0.29) is 0 Å². The van der Waals surface area contributed by atoms with Crippen LogP contribution in [0.15, 0.2) is 12.1 Å². The van der Waals surface area contributed by atoms with Gasteiger partial charge in [-0.05, 0) is 30.9 Å². The Balaban J connectivity index is 2.46. The second kappa shape index (κ2) is 7.05. The fourth-order valence-electron chi connectivity index (χ4n) is 1.81. The lowest BCUT2D eigenvalue weighted by molar-refractivity contribution is 0.459. The second-order valence-corrected chi connectivity index (χ2v) is 5.90. The second-order valence-electron chi connectivity index (χ2n) is 4.70. The molecule has 0 fully saturated rings. The van der Waals surface area contributed by atoms with Crippen molar-refractivity contribution in [2.45, 2.75) is 52.5 Å². The van der Waals surface area contributed by atoms with E-state index in [1.165, 1.54) is 22.6 Å². The molecule has 0 spiro atoms. The summed E-state index contributed by atoms with van der Waals surface area (Å²) >= 11 is 1.88. The van der Waals surface area contributed by atoms with E-state index in [4.69, 9.17) is 5.84 Å². The molecule has 0 radical (unpaired) electrons. The van der Waals surface area contributed by atoms with Gasteiger partial charge in [0.2, 0.25) is 0 Å². The summed E-state index contributed by atoms with van der Waals surface area (Å²) < 4.78 is 0. The monoisotopic (exact) mass is 240 g/mol. The zero-order valence-electron chi connectivity index (χ0n) is 10.6. The maximum Gasteiger partial charge on any atom is 0.0553 e. The van der Waals surface area contributed by atoms with E-state index in [1.54, 1.807) is 0 Å². The third-order valence-electron chi connectivity index (χ3n) is 2.85. The Bertz CT molecular complexity index is 294. The molecule has 0 saturated heterocycles. The maximum absolute atomic E-state index is 5.63. The van der Waals surface area contributed by atoms with Crippen molar-refractivity contribution in [3.63, 3.8) is 0 Å². The first-order valence-electron chi connectivity index (χ1n) is 6.22. The van der Waals surface area contributed by atoms with Crippen LogP contribution in [0.3, 0.4) is 0 Å². The van der Waals surface area contributed by atoms with E-state index in [2.05, 4.69) is 38.3 Å². The van der Waals surface area contributed by atoms with Gasteiger partial charge in [0.05, 0.1) is 6.04 Å². The van der Waals surface area contributed by atoms with Crippen molar-refractivity contribution in [3.05, 3.63) is 21.9 Å². The van der Waals surface area contributed by atoms with Crippen LogP contribution in [0.4, 0.5) is 0 Å². The van der Waals surface area contributed by atoms with E-state index in [0.29, 0.717) is 6.04 Å². The number of rotatable bonds is 7. The van der Waals surface area contributed by atoms with Crippen LogP contribution >= 0.6 is 11.3 Å². The minimum Gasteiger partial charge on any atom is -0.271 e. The van der Waals surface area contributed by atoms with Crippen molar-refractivity contribution in [2.75, 3.05) is 0 Å². The number of hydrazine groups is 1. The van der Waals surface area contributed by atoms with Crippen LogP contribution in [0.25, 0.3) is 0 Å². The van der Waals surface area contributed by atoms with E-state index in [0.717, 1.165) is 18.8 Å². The molecule has 3 N–H and O–H groups in total. The molecule has 1 heterocycles. The third kappa shape index (κ3) is 4.24. The first kappa shape index (κ1) is 13.7. The number of aryl methyl sites for hydroxylation is 1. The van der Waals surface area contributed by atoms with Gasteiger partial charge in [-0.2, -0.15) is 0 Å². The first-order valence-corrected chi connectivity index (χ1v) is 7.03. The van der Waals surface area contributed by atoms with Crippen molar-refractivity contribution < 1.29 is 0 Å². The van der Waals surface area contributed by atoms with Crippen LogP contribution in [0, 0.1) is 5.92 Å². The Hall–Kier alpha value is -0.380. The van der Waals surface area contributed by atoms with Crippen LogP contribution in [0.1, 0.15) is 55.8 Å². The van der Waals surface area contributed by atoms with Gasteiger partial charge in [-0.25, -0.2) is 0 Å². The molecule has 0 saturated carbocycles. The molecule has 1 atom stereocenters. The molecule has 1 aromatic heterocycles. The number of hydrogen-bond acceptors (Lipinski definition) is 3. The van der Waals surface area contributed by atoms with Crippen molar-refractivity contribution in [1.29, 1.82) is 0 Å². The lowest BCUT2D eigenvalue weighted by atomic mass is 10.0. The molecule has 1 unspecified atom stereocenters. The quantitative estimate of drug-likeness (QED) is 0.564. The summed E-state index contributed by atoms with van der Waals surface area (Å²) in [6, 6.07) is 4.76. The molecule has 0 aliphatic heterocycles. The predicted molar refractivity (Wildman–Crippen MR) is 72.5 cm³/mol. The summed E-state index contributed by atoms with van der Waals surface area (Å²) in [5.74, 6) is 6.41. The molecule has 0 aliphatic carbocycles. The highest BCUT2D eigenvalue weighted by atomic mass is 32.1. The summed E-state index contributed by atoms with van der Waals surface area (Å²) in [4.78, 5) is 2.82. The molecule has 0 aromatic carbocycles. The Morgan fingerprint density at radius 3 is 2.56 bits per heavy atom. The van der Waals surface area contributed by atoms with Gasteiger partial charge in [0, 0.05) is 9.75 Å². The largest absolute Gasteiger partial charge is 0.271 e. The summed E-state index contributed by atoms with van der Waals surface area (Å²) in [6.07, 6.45) is 4.78. The fraction of sp³-hybridized carbons (Fsp3) is 0.692. The number of thiophene rings is 1. The molecule has 0 aliphatic rings. The van der Waals surface area contributed by atoms with E-state index in [9.17, 15) is 0 Å². The van der Waals surface area contributed by atoms with Crippen LogP contribution < -0.4 is 11.3 Å². The maximum atomic E-state index is 5.63. The summed E-state index contributed by atoms with van der Waals surface area (Å²) in [7, 11) is 0. The zero-order valence-corrected chi connectivity index (χ0v) is 11.4. The van der Waals surface area contributed by atoms with Crippen molar-refractivity contribution in [2.24, 2.45) is 11.8 Å². The minimum atomic E-state index is 0.337. The van der Waals surface area contributed by atoms with Gasteiger partial charge in [-0.15, -0.1) is 11.3 Å². The molecule has 16 heavy (non-hydrogen) atoms. The van der Waals surface area contributed by atoms with Gasteiger partial charge >= 0.3 is 0 Å². The number of nitrogens with two attached hydrogens (primary N) is 1. The molecule has 2 nitrogen and oxygen atoms in total. The number of hydrogen-bond donors (Lipinski definition) is 2. The highest BCUT2D eigenvalue weighted by Crippen LogP contribution is 2.27. The molecule has 0 amide bonds. The molecular formula is C13H24N2S. The Labute approximate surface area is 103 Å². The van der Waals surface area contributed by atoms with Gasteiger partial charge in [-0.3, -0.25) is 11.3 Å². The Morgan fingerprint density at radius 2 is 2.06 bits per heavy atom. The predicted octanol–water partition coefficient (Wildman–Crippen LogP) is 3.64. The van der Waals surface area contributed by atoms with Crippen LogP contribution in [0.2, 0.25) is 0 Å². The van der Waals surface area contributed by atoms with E-state index in [1.807, 2.05) is 11.3 Å². The van der Waals surface area contributed by atoms with Gasteiger partial charge in [0.15, 0.2) is 0 Å². The van der Waals surface area contributed by atoms with Crippen molar-refractivity contribution >= 4 is 11.3 Å². The molecule has 0 bridgehead atoms. The van der Waals surface area contributed by atoms with Gasteiger partial charge in [0.1, 0.15) is 0 Å². The Morgan fingerprint density at radius 1 is 1.31 bits per heavy atom. The minimum absolute atomic E-state index is 0.337. The molecule has 3 heteroatoms. The molecule has 1 aromatic rings. The van der Waals surface area contributed by atoms with E-state index < -0.39 is 0 Å². The van der Waals surface area contributed by atoms with Crippen LogP contribution in [-0.2, 0) is 6.42 Å².